The van der Waals surface area contributed by atoms with Crippen molar-refractivity contribution in [1.82, 2.24) is 15.4 Å². The van der Waals surface area contributed by atoms with Crippen LogP contribution in [-0.4, -0.2) is 45.2 Å². The standard InChI is InChI=1S/C18H17N7O8/c1-33-18(28)23-22-15(17(27)19-9-3-2-4-10(7-9)24(29)30)14-16(26)21-13-8-11(25(31)32)5-6-12(13)20-14/h2-8,24-25,29,31H,1H3,(H,19,27)(H,21,26)(H,23,28)/b22-15+. The summed E-state index contributed by atoms with van der Waals surface area (Å²) < 4.78 is 4.40. The van der Waals surface area contributed by atoms with E-state index in [0.29, 0.717) is 0 Å². The summed E-state index contributed by atoms with van der Waals surface area (Å²) in [5.41, 5.74) is 0.0379. The normalized spacial score (nSPS) is 13.3. The minimum atomic E-state index is -1.22. The number of nitrogens with zero attached hydrogens (tertiary/aromatic N) is 2. The molecule has 15 heteroatoms. The largest absolute Gasteiger partial charge is 0.595 e. The second kappa shape index (κ2) is 9.92. The third kappa shape index (κ3) is 5.52. The lowest BCUT2D eigenvalue weighted by atomic mass is 10.2. The van der Waals surface area contributed by atoms with Crippen LogP contribution in [0.3, 0.4) is 0 Å². The molecule has 0 saturated heterocycles. The fourth-order valence-electron chi connectivity index (χ4n) is 2.66. The van der Waals surface area contributed by atoms with Crippen molar-refractivity contribution in [1.29, 1.82) is 0 Å². The Hall–Kier alpha value is -4.25. The number of hydrogen-bond acceptors (Lipinski definition) is 10. The van der Waals surface area contributed by atoms with Crippen LogP contribution in [0.4, 0.5) is 21.9 Å². The summed E-state index contributed by atoms with van der Waals surface area (Å²) in [7, 11) is 1.06. The lowest BCUT2D eigenvalue weighted by molar-refractivity contribution is -0.991. The van der Waals surface area contributed by atoms with E-state index >= 15 is 0 Å². The first kappa shape index (κ1) is 23.4. The summed E-state index contributed by atoms with van der Waals surface area (Å²) in [6, 6.07) is 9.05. The molecule has 2 amide bonds. The summed E-state index contributed by atoms with van der Waals surface area (Å²) in [6.07, 6.45) is -1.03. The van der Waals surface area contributed by atoms with E-state index in [1.165, 1.54) is 42.5 Å². The van der Waals surface area contributed by atoms with E-state index in [2.05, 4.69) is 25.1 Å². The van der Waals surface area contributed by atoms with Gasteiger partial charge in [-0.3, -0.25) is 9.59 Å². The van der Waals surface area contributed by atoms with E-state index in [-0.39, 0.29) is 28.1 Å². The summed E-state index contributed by atoms with van der Waals surface area (Å²) in [5.74, 6) is -0.992. The maximum Gasteiger partial charge on any atom is 0.427 e. The molecule has 15 nitrogen and oxygen atoms in total. The van der Waals surface area contributed by atoms with E-state index in [1.807, 2.05) is 5.43 Å². The molecule has 33 heavy (non-hydrogen) atoms. The Balaban J connectivity index is 2.04. The van der Waals surface area contributed by atoms with Gasteiger partial charge in [0.2, 0.25) is 0 Å². The number of hydrogen-bond donors (Lipinski definition) is 7. The second-order valence-electron chi connectivity index (χ2n) is 6.36. The number of quaternary nitrogens is 2. The van der Waals surface area contributed by atoms with Crippen molar-refractivity contribution >= 4 is 45.8 Å². The van der Waals surface area contributed by atoms with Gasteiger partial charge in [0, 0.05) is 30.0 Å². The number of aromatic amines is 1. The number of methoxy groups -OCH3 is 1. The summed E-state index contributed by atoms with van der Waals surface area (Å²) in [6.45, 7) is 0. The highest BCUT2D eigenvalue weighted by molar-refractivity contribution is 6.48. The van der Waals surface area contributed by atoms with Gasteiger partial charge in [-0.25, -0.2) is 25.6 Å². The third-order valence-electron chi connectivity index (χ3n) is 4.19. The molecule has 0 bridgehead atoms. The number of anilines is 1. The predicted octanol–water partition coefficient (Wildman–Crippen LogP) is -1.57. The van der Waals surface area contributed by atoms with Crippen LogP contribution >= 0.6 is 0 Å². The van der Waals surface area contributed by atoms with Gasteiger partial charge in [0.15, 0.2) is 22.8 Å². The molecule has 2 atom stereocenters. The molecule has 172 valence electrons. The second-order valence-corrected chi connectivity index (χ2v) is 6.36. The average Bonchev–Trinajstić information content (AvgIpc) is 2.78. The van der Waals surface area contributed by atoms with Gasteiger partial charge >= 0.3 is 6.09 Å². The van der Waals surface area contributed by atoms with Crippen LogP contribution in [0.1, 0.15) is 5.69 Å². The molecule has 3 aromatic rings. The lowest BCUT2D eigenvalue weighted by Gasteiger charge is -2.13. The molecule has 0 radical (unpaired) electrons. The molecule has 2 aromatic carbocycles. The van der Waals surface area contributed by atoms with Crippen molar-refractivity contribution < 1.29 is 35.2 Å². The summed E-state index contributed by atoms with van der Waals surface area (Å²) in [5, 5.41) is 44.1. The van der Waals surface area contributed by atoms with Gasteiger partial charge in [0.05, 0.1) is 18.1 Å². The minimum absolute atomic E-state index is 0.0778. The Labute approximate surface area is 183 Å². The molecule has 0 spiro atoms. The van der Waals surface area contributed by atoms with Crippen LogP contribution in [0.15, 0.2) is 52.4 Å². The molecule has 0 fully saturated rings. The number of H-pyrrole nitrogens is 1. The molecular formula is C18H17N7O8. The van der Waals surface area contributed by atoms with Crippen LogP contribution in [0, 0.1) is 10.4 Å². The lowest BCUT2D eigenvalue weighted by Crippen LogP contribution is -2.99. The molecule has 2 unspecified atom stereocenters. The van der Waals surface area contributed by atoms with E-state index in [4.69, 9.17) is 10.4 Å². The van der Waals surface area contributed by atoms with Crippen LogP contribution in [-0.2, 0) is 9.53 Å². The zero-order valence-electron chi connectivity index (χ0n) is 16.8. The molecular weight excluding hydrogens is 442 g/mol. The molecule has 7 N–H and O–H groups in total. The molecule has 1 heterocycles. The molecule has 1 aromatic heterocycles. The molecule has 0 aliphatic carbocycles. The molecule has 3 rings (SSSR count). The van der Waals surface area contributed by atoms with Crippen LogP contribution in [0.2, 0.25) is 0 Å². The molecule has 0 aliphatic rings. The number of benzene rings is 2. The van der Waals surface area contributed by atoms with Crippen molar-refractivity contribution in [2.45, 2.75) is 0 Å². The topological polar surface area (TPSA) is 221 Å². The number of fused-ring (bicyclic) bond motifs is 1. The smallest absolute Gasteiger partial charge is 0.427 e. The Morgan fingerprint density at radius 2 is 1.82 bits per heavy atom. The highest BCUT2D eigenvalue weighted by Crippen LogP contribution is 2.14. The van der Waals surface area contributed by atoms with Gasteiger partial charge < -0.3 is 25.5 Å². The Morgan fingerprint density at radius 3 is 2.48 bits per heavy atom. The first-order valence-electron chi connectivity index (χ1n) is 9.03. The van der Waals surface area contributed by atoms with E-state index < -0.39 is 39.4 Å². The number of hydrazone groups is 1. The number of carbonyl (C=O) groups is 2. The SMILES string of the molecule is COC(=O)N/N=C(/C(=O)Nc1cccc([NH+]([O-])O)c1)c1nc2ccc([NH+]([O-])O)cc2[nH]c1=O. The zero-order valence-corrected chi connectivity index (χ0v) is 16.8. The Bertz CT molecular complexity index is 1290. The predicted molar refractivity (Wildman–Crippen MR) is 111 cm³/mol. The number of nitrogens with one attached hydrogen (secondary N) is 5. The monoisotopic (exact) mass is 459 g/mol. The van der Waals surface area contributed by atoms with Gasteiger partial charge in [0.25, 0.3) is 11.5 Å². The minimum Gasteiger partial charge on any atom is -0.595 e. The maximum absolute atomic E-state index is 12.9. The van der Waals surface area contributed by atoms with Crippen molar-refractivity contribution in [3.05, 3.63) is 68.9 Å². The van der Waals surface area contributed by atoms with Gasteiger partial charge in [-0.15, -0.1) is 0 Å². The third-order valence-corrected chi connectivity index (χ3v) is 4.19. The average molecular weight is 459 g/mol. The van der Waals surface area contributed by atoms with E-state index in [1.54, 1.807) is 0 Å². The number of ether oxygens (including phenoxy) is 1. The van der Waals surface area contributed by atoms with Crippen LogP contribution in [0.25, 0.3) is 11.0 Å². The van der Waals surface area contributed by atoms with E-state index in [0.717, 1.165) is 7.11 Å². The number of amides is 2. The fourth-order valence-corrected chi connectivity index (χ4v) is 2.66. The quantitative estimate of drug-likeness (QED) is 0.167. The van der Waals surface area contributed by atoms with Crippen molar-refractivity contribution in [3.8, 4) is 0 Å². The molecule has 0 saturated carbocycles. The van der Waals surface area contributed by atoms with Gasteiger partial charge in [-0.1, -0.05) is 6.07 Å². The van der Waals surface area contributed by atoms with Gasteiger partial charge in [0.1, 0.15) is 0 Å². The van der Waals surface area contributed by atoms with Crippen LogP contribution < -0.4 is 26.8 Å². The Kier molecular flexibility index (Phi) is 7.04. The highest BCUT2D eigenvalue weighted by atomic mass is 16.8. The van der Waals surface area contributed by atoms with Crippen LogP contribution in [0.5, 0.6) is 0 Å². The number of aromatic nitrogens is 2. The first-order chi connectivity index (χ1) is 15.7. The molecule has 0 aliphatic heterocycles. The van der Waals surface area contributed by atoms with Crippen molar-refractivity contribution in [2.24, 2.45) is 5.10 Å². The fraction of sp³-hybridized carbons (Fsp3) is 0.0556. The number of carbonyl (C=O) groups excluding carboxylic acids is 2. The zero-order chi connectivity index (χ0) is 24.1. The summed E-state index contributed by atoms with van der Waals surface area (Å²) >= 11 is 0. The number of rotatable bonds is 6. The van der Waals surface area contributed by atoms with Crippen molar-refractivity contribution in [2.75, 3.05) is 12.4 Å². The van der Waals surface area contributed by atoms with Gasteiger partial charge in [-0.2, -0.15) is 15.6 Å². The Morgan fingerprint density at radius 1 is 1.12 bits per heavy atom. The first-order valence-corrected chi connectivity index (χ1v) is 9.03. The van der Waals surface area contributed by atoms with Gasteiger partial charge in [-0.05, 0) is 12.1 Å². The van der Waals surface area contributed by atoms with E-state index in [9.17, 15) is 24.8 Å². The highest BCUT2D eigenvalue weighted by Gasteiger charge is 2.22. The maximum atomic E-state index is 12.9. The summed E-state index contributed by atoms with van der Waals surface area (Å²) in [4.78, 5) is 43.4. The van der Waals surface area contributed by atoms with Crippen molar-refractivity contribution in [3.63, 3.8) is 0 Å².